The molecular formula is C11H13BrClNO3. The summed E-state index contributed by atoms with van der Waals surface area (Å²) in [4.78, 5) is 14.1. The topological polar surface area (TPSA) is 42.7 Å². The van der Waals surface area contributed by atoms with Crippen LogP contribution >= 0.6 is 27.5 Å². The van der Waals surface area contributed by atoms with Crippen LogP contribution in [0.3, 0.4) is 0 Å². The average Bonchev–Trinajstić information content (AvgIpc) is 2.75. The van der Waals surface area contributed by atoms with Crippen LogP contribution in [0.5, 0.6) is 0 Å². The molecule has 1 saturated heterocycles. The molecule has 0 saturated carbocycles. The molecule has 2 rings (SSSR count). The summed E-state index contributed by atoms with van der Waals surface area (Å²) in [7, 11) is 0. The van der Waals surface area contributed by atoms with E-state index < -0.39 is 0 Å². The Morgan fingerprint density at radius 3 is 3.06 bits per heavy atom. The Kier molecular flexibility index (Phi) is 4.12. The van der Waals surface area contributed by atoms with Crippen LogP contribution in [-0.4, -0.2) is 42.0 Å². The number of rotatable bonds is 2. The zero-order valence-electron chi connectivity index (χ0n) is 9.36. The molecule has 1 amide bonds. The maximum atomic E-state index is 12.3. The van der Waals surface area contributed by atoms with E-state index in [0.717, 1.165) is 0 Å². The molecule has 0 spiro atoms. The number of carbonyl (C=O) groups is 1. The monoisotopic (exact) mass is 321 g/mol. The lowest BCUT2D eigenvalue weighted by Crippen LogP contribution is -2.51. The van der Waals surface area contributed by atoms with E-state index >= 15 is 0 Å². The zero-order chi connectivity index (χ0) is 12.4. The molecule has 0 bridgehead atoms. The van der Waals surface area contributed by atoms with Gasteiger partial charge in [0.1, 0.15) is 0 Å². The number of halogens is 2. The molecule has 2 atom stereocenters. The third kappa shape index (κ3) is 2.67. The largest absolute Gasteiger partial charge is 0.457 e. The van der Waals surface area contributed by atoms with E-state index in [1.54, 1.807) is 11.0 Å². The van der Waals surface area contributed by atoms with Crippen molar-refractivity contribution in [2.24, 2.45) is 0 Å². The Morgan fingerprint density at radius 1 is 1.71 bits per heavy atom. The summed E-state index contributed by atoms with van der Waals surface area (Å²) in [5, 5.41) is 0. The molecule has 1 fully saturated rings. The zero-order valence-corrected chi connectivity index (χ0v) is 11.7. The van der Waals surface area contributed by atoms with Crippen molar-refractivity contribution in [3.05, 3.63) is 22.6 Å². The molecule has 6 heteroatoms. The van der Waals surface area contributed by atoms with E-state index in [0.29, 0.717) is 29.3 Å². The van der Waals surface area contributed by atoms with Crippen molar-refractivity contribution in [3.63, 3.8) is 0 Å². The van der Waals surface area contributed by atoms with E-state index in [-0.39, 0.29) is 18.1 Å². The lowest BCUT2D eigenvalue weighted by Gasteiger charge is -2.37. The summed E-state index contributed by atoms with van der Waals surface area (Å²) >= 11 is 8.98. The van der Waals surface area contributed by atoms with Crippen molar-refractivity contribution >= 4 is 33.4 Å². The van der Waals surface area contributed by atoms with Crippen LogP contribution in [0.4, 0.5) is 0 Å². The van der Waals surface area contributed by atoms with Gasteiger partial charge >= 0.3 is 0 Å². The number of hydrogen-bond acceptors (Lipinski definition) is 3. The molecule has 2 unspecified atom stereocenters. The molecule has 0 aliphatic carbocycles. The Bertz CT molecular complexity index is 409. The maximum absolute atomic E-state index is 12.3. The molecule has 1 aliphatic rings. The number of alkyl halides is 1. The van der Waals surface area contributed by atoms with Crippen molar-refractivity contribution in [2.75, 3.05) is 19.0 Å². The first kappa shape index (κ1) is 12.9. The minimum absolute atomic E-state index is 0.0452. The molecule has 0 radical (unpaired) electrons. The highest BCUT2D eigenvalue weighted by Crippen LogP contribution is 2.22. The van der Waals surface area contributed by atoms with Crippen LogP contribution in [0.1, 0.15) is 17.3 Å². The summed E-state index contributed by atoms with van der Waals surface area (Å²) in [6.45, 7) is 2.98. The summed E-state index contributed by atoms with van der Waals surface area (Å²) in [6.07, 6.45) is 1.39. The first-order valence-electron chi connectivity index (χ1n) is 5.35. The smallest absolute Gasteiger partial charge is 0.258 e. The van der Waals surface area contributed by atoms with Crippen molar-refractivity contribution in [2.45, 2.75) is 19.1 Å². The van der Waals surface area contributed by atoms with Crippen LogP contribution in [0.25, 0.3) is 0 Å². The lowest BCUT2D eigenvalue weighted by molar-refractivity contribution is -0.0372. The van der Waals surface area contributed by atoms with Gasteiger partial charge in [-0.05, 0) is 28.9 Å². The third-order valence-corrected chi connectivity index (χ3v) is 3.75. The number of ether oxygens (including phenoxy) is 1. The summed E-state index contributed by atoms with van der Waals surface area (Å²) < 4.78 is 11.0. The molecule has 1 aromatic heterocycles. The summed E-state index contributed by atoms with van der Waals surface area (Å²) in [5.41, 5.74) is 0.534. The normalized spacial score (nSPS) is 25.0. The Morgan fingerprint density at radius 2 is 2.47 bits per heavy atom. The van der Waals surface area contributed by atoms with Crippen LogP contribution < -0.4 is 0 Å². The Balaban J connectivity index is 2.15. The fourth-order valence-electron chi connectivity index (χ4n) is 1.79. The number of furan rings is 1. The van der Waals surface area contributed by atoms with Crippen LogP contribution in [0.2, 0.25) is 0 Å². The fourth-order valence-corrected chi connectivity index (χ4v) is 2.39. The van der Waals surface area contributed by atoms with E-state index in [4.69, 9.17) is 20.8 Å². The predicted molar refractivity (Wildman–Crippen MR) is 67.4 cm³/mol. The second kappa shape index (κ2) is 5.42. The van der Waals surface area contributed by atoms with Gasteiger partial charge in [0.05, 0.1) is 36.5 Å². The van der Waals surface area contributed by atoms with Gasteiger partial charge in [-0.1, -0.05) is 0 Å². The third-order valence-electron chi connectivity index (χ3n) is 2.79. The quantitative estimate of drug-likeness (QED) is 0.786. The molecule has 17 heavy (non-hydrogen) atoms. The van der Waals surface area contributed by atoms with Gasteiger partial charge in [0, 0.05) is 6.54 Å². The molecule has 0 N–H and O–H groups in total. The second-order valence-corrected chi connectivity index (χ2v) is 5.05. The van der Waals surface area contributed by atoms with Crippen molar-refractivity contribution < 1.29 is 13.9 Å². The van der Waals surface area contributed by atoms with Gasteiger partial charge in [0.2, 0.25) is 0 Å². The SMILES string of the molecule is CC1COC(CCl)CN1C(=O)c1ccoc1Br. The predicted octanol–water partition coefficient (Wildman–Crippen LogP) is 2.51. The first-order valence-corrected chi connectivity index (χ1v) is 6.67. The van der Waals surface area contributed by atoms with Crippen LogP contribution in [0, 0.1) is 0 Å². The van der Waals surface area contributed by atoms with Gasteiger partial charge in [-0.15, -0.1) is 11.6 Å². The van der Waals surface area contributed by atoms with Crippen molar-refractivity contribution in [3.8, 4) is 0 Å². The summed E-state index contributed by atoms with van der Waals surface area (Å²) in [6, 6.07) is 1.70. The minimum atomic E-state index is -0.0949. The standard InChI is InChI=1S/C11H13BrClNO3/c1-7-6-17-8(4-13)5-14(7)11(15)9-2-3-16-10(9)12/h2-3,7-8H,4-6H2,1H3. The highest BCUT2D eigenvalue weighted by Gasteiger charge is 2.31. The van der Waals surface area contributed by atoms with Crippen molar-refractivity contribution in [1.29, 1.82) is 0 Å². The van der Waals surface area contributed by atoms with Gasteiger partial charge in [-0.3, -0.25) is 4.79 Å². The minimum Gasteiger partial charge on any atom is -0.457 e. The number of morpholine rings is 1. The van der Waals surface area contributed by atoms with Crippen molar-refractivity contribution in [1.82, 2.24) is 4.90 Å². The van der Waals surface area contributed by atoms with E-state index in [9.17, 15) is 4.79 Å². The highest BCUT2D eigenvalue weighted by molar-refractivity contribution is 9.10. The lowest BCUT2D eigenvalue weighted by atomic mass is 10.1. The molecular weight excluding hydrogens is 309 g/mol. The van der Waals surface area contributed by atoms with E-state index in [2.05, 4.69) is 15.9 Å². The summed E-state index contributed by atoms with van der Waals surface area (Å²) in [5.74, 6) is 0.333. The van der Waals surface area contributed by atoms with E-state index in [1.807, 2.05) is 6.92 Å². The number of hydrogen-bond donors (Lipinski definition) is 0. The van der Waals surface area contributed by atoms with Gasteiger partial charge in [0.15, 0.2) is 4.67 Å². The number of carbonyl (C=O) groups excluding carboxylic acids is 1. The molecule has 0 aromatic carbocycles. The van der Waals surface area contributed by atoms with Crippen LogP contribution in [-0.2, 0) is 4.74 Å². The number of nitrogens with zero attached hydrogens (tertiary/aromatic N) is 1. The van der Waals surface area contributed by atoms with Gasteiger partial charge in [-0.2, -0.15) is 0 Å². The Hall–Kier alpha value is -0.520. The molecule has 1 aliphatic heterocycles. The molecule has 2 heterocycles. The first-order chi connectivity index (χ1) is 8.13. The molecule has 1 aromatic rings. The Labute approximate surface area is 113 Å². The molecule has 94 valence electrons. The van der Waals surface area contributed by atoms with Crippen LogP contribution in [0.15, 0.2) is 21.4 Å². The van der Waals surface area contributed by atoms with Gasteiger partial charge < -0.3 is 14.1 Å². The van der Waals surface area contributed by atoms with E-state index in [1.165, 1.54) is 6.26 Å². The highest BCUT2D eigenvalue weighted by atomic mass is 79.9. The fraction of sp³-hybridized carbons (Fsp3) is 0.545. The van der Waals surface area contributed by atoms with Gasteiger partial charge in [0.25, 0.3) is 5.91 Å². The second-order valence-electron chi connectivity index (χ2n) is 4.02. The maximum Gasteiger partial charge on any atom is 0.258 e. The van der Waals surface area contributed by atoms with Gasteiger partial charge in [-0.25, -0.2) is 0 Å². The number of amides is 1. The average molecular weight is 323 g/mol. The molecule has 4 nitrogen and oxygen atoms in total.